The maximum atomic E-state index is 13.4. The van der Waals surface area contributed by atoms with Crippen molar-refractivity contribution in [3.63, 3.8) is 0 Å². The van der Waals surface area contributed by atoms with E-state index in [0.29, 0.717) is 11.3 Å². The third-order valence-electron chi connectivity index (χ3n) is 5.70. The van der Waals surface area contributed by atoms with Crippen molar-refractivity contribution in [3.05, 3.63) is 70.7 Å². The highest BCUT2D eigenvalue weighted by Crippen LogP contribution is 2.34. The van der Waals surface area contributed by atoms with Crippen LogP contribution in [0.4, 0.5) is 0 Å². The zero-order valence-electron chi connectivity index (χ0n) is 16.4. The van der Waals surface area contributed by atoms with Crippen molar-refractivity contribution in [2.24, 2.45) is 0 Å². The zero-order valence-corrected chi connectivity index (χ0v) is 16.4. The van der Waals surface area contributed by atoms with Crippen LogP contribution in [0.1, 0.15) is 41.5 Å². The maximum Gasteiger partial charge on any atom is 0.278 e. The fourth-order valence-corrected chi connectivity index (χ4v) is 3.95. The number of nitrogens with zero attached hydrogens (tertiary/aromatic N) is 3. The first-order valence-corrected chi connectivity index (χ1v) is 9.88. The lowest BCUT2D eigenvalue weighted by Gasteiger charge is -2.29. The lowest BCUT2D eigenvalue weighted by Crippen LogP contribution is -2.36. The molecular weight excluding hydrogens is 350 g/mol. The fourth-order valence-electron chi connectivity index (χ4n) is 3.95. The molecule has 2 amide bonds. The number of hydrogen-bond donors (Lipinski definition) is 0. The molecule has 0 spiro atoms. The smallest absolute Gasteiger partial charge is 0.278 e. The van der Waals surface area contributed by atoms with E-state index in [9.17, 15) is 9.59 Å². The molecule has 1 fully saturated rings. The SMILES string of the molecule is Cc1ccc(C2=C(N3CCCCC3)C(=O)N(Cc3ccncc3)C2=O)cc1C. The molecule has 2 aromatic rings. The Bertz CT molecular complexity index is 944. The van der Waals surface area contributed by atoms with Crippen molar-refractivity contribution in [3.8, 4) is 0 Å². The predicted octanol–water partition coefficient (Wildman–Crippen LogP) is 3.46. The van der Waals surface area contributed by atoms with Crippen LogP contribution in [0.3, 0.4) is 0 Å². The van der Waals surface area contributed by atoms with Gasteiger partial charge in [0.15, 0.2) is 0 Å². The molecule has 5 nitrogen and oxygen atoms in total. The largest absolute Gasteiger partial charge is 0.366 e. The highest BCUT2D eigenvalue weighted by atomic mass is 16.2. The standard InChI is InChI=1S/C23H25N3O2/c1-16-6-7-19(14-17(16)2)20-21(25-12-4-3-5-13-25)23(28)26(22(20)27)15-18-8-10-24-11-9-18/h6-11,14H,3-5,12-13,15H2,1-2H3. The summed E-state index contributed by atoms with van der Waals surface area (Å²) in [6, 6.07) is 9.69. The number of rotatable bonds is 4. The number of pyridine rings is 1. The van der Waals surface area contributed by atoms with Gasteiger partial charge in [0, 0.05) is 25.5 Å². The summed E-state index contributed by atoms with van der Waals surface area (Å²) < 4.78 is 0. The van der Waals surface area contributed by atoms with E-state index >= 15 is 0 Å². The highest BCUT2D eigenvalue weighted by Gasteiger charge is 2.41. The molecule has 0 unspecified atom stereocenters. The second-order valence-corrected chi connectivity index (χ2v) is 7.62. The number of carbonyl (C=O) groups is 2. The Morgan fingerprint density at radius 3 is 2.29 bits per heavy atom. The first kappa shape index (κ1) is 18.4. The van der Waals surface area contributed by atoms with Gasteiger partial charge in [-0.05, 0) is 67.5 Å². The first-order chi connectivity index (χ1) is 13.6. The number of aromatic nitrogens is 1. The van der Waals surface area contributed by atoms with E-state index in [1.165, 1.54) is 16.9 Å². The average molecular weight is 375 g/mol. The van der Waals surface area contributed by atoms with E-state index in [2.05, 4.69) is 16.8 Å². The Morgan fingerprint density at radius 1 is 0.893 bits per heavy atom. The van der Waals surface area contributed by atoms with E-state index in [-0.39, 0.29) is 18.4 Å². The molecule has 28 heavy (non-hydrogen) atoms. The van der Waals surface area contributed by atoms with Crippen molar-refractivity contribution < 1.29 is 9.59 Å². The normalized spacial score (nSPS) is 17.6. The van der Waals surface area contributed by atoms with E-state index in [1.54, 1.807) is 12.4 Å². The summed E-state index contributed by atoms with van der Waals surface area (Å²) >= 11 is 0. The number of imide groups is 1. The van der Waals surface area contributed by atoms with Crippen LogP contribution in [0.15, 0.2) is 48.4 Å². The summed E-state index contributed by atoms with van der Waals surface area (Å²) in [5.41, 5.74) is 5.14. The van der Waals surface area contributed by atoms with Gasteiger partial charge in [-0.2, -0.15) is 0 Å². The van der Waals surface area contributed by atoms with Crippen LogP contribution < -0.4 is 0 Å². The molecule has 1 aromatic heterocycles. The van der Waals surface area contributed by atoms with Gasteiger partial charge in [-0.25, -0.2) is 0 Å². The van der Waals surface area contributed by atoms with Crippen LogP contribution in [0, 0.1) is 13.8 Å². The van der Waals surface area contributed by atoms with E-state index in [4.69, 9.17) is 0 Å². The Balaban J connectivity index is 1.76. The molecule has 4 rings (SSSR count). The number of likely N-dealkylation sites (tertiary alicyclic amines) is 1. The molecular formula is C23H25N3O2. The zero-order chi connectivity index (χ0) is 19.7. The van der Waals surface area contributed by atoms with Gasteiger partial charge in [-0.3, -0.25) is 19.5 Å². The van der Waals surface area contributed by atoms with Crippen molar-refractivity contribution in [1.82, 2.24) is 14.8 Å². The number of piperidine rings is 1. The number of amides is 2. The molecule has 0 N–H and O–H groups in total. The van der Waals surface area contributed by atoms with Crippen molar-refractivity contribution in [2.45, 2.75) is 39.7 Å². The first-order valence-electron chi connectivity index (χ1n) is 9.88. The van der Waals surface area contributed by atoms with Gasteiger partial charge in [-0.15, -0.1) is 0 Å². The fraction of sp³-hybridized carbons (Fsp3) is 0.348. The molecule has 1 aromatic carbocycles. The Labute approximate surface area is 165 Å². The second-order valence-electron chi connectivity index (χ2n) is 7.62. The summed E-state index contributed by atoms with van der Waals surface area (Å²) in [5.74, 6) is -0.387. The summed E-state index contributed by atoms with van der Waals surface area (Å²) in [6.07, 6.45) is 6.64. The minimum atomic E-state index is -0.203. The molecule has 0 atom stereocenters. The van der Waals surface area contributed by atoms with Gasteiger partial charge in [0.25, 0.3) is 11.8 Å². The minimum absolute atomic E-state index is 0.183. The maximum absolute atomic E-state index is 13.4. The van der Waals surface area contributed by atoms with Gasteiger partial charge in [0.05, 0.1) is 12.1 Å². The highest BCUT2D eigenvalue weighted by molar-refractivity contribution is 6.35. The Morgan fingerprint density at radius 2 is 1.61 bits per heavy atom. The molecule has 5 heteroatoms. The van der Waals surface area contributed by atoms with Crippen LogP contribution in [-0.2, 0) is 16.1 Å². The third kappa shape index (κ3) is 3.33. The molecule has 144 valence electrons. The molecule has 3 heterocycles. The lowest BCUT2D eigenvalue weighted by molar-refractivity contribution is -0.138. The summed E-state index contributed by atoms with van der Waals surface area (Å²) in [5, 5.41) is 0. The monoisotopic (exact) mass is 375 g/mol. The predicted molar refractivity (Wildman–Crippen MR) is 108 cm³/mol. The molecule has 0 radical (unpaired) electrons. The summed E-state index contributed by atoms with van der Waals surface area (Å²) in [7, 11) is 0. The average Bonchev–Trinajstić information content (AvgIpc) is 2.96. The Hall–Kier alpha value is -2.95. The topological polar surface area (TPSA) is 53.5 Å². The molecule has 1 saturated heterocycles. The van der Waals surface area contributed by atoms with Crippen LogP contribution in [0.5, 0.6) is 0 Å². The van der Waals surface area contributed by atoms with Crippen molar-refractivity contribution >= 4 is 17.4 Å². The molecule has 2 aliphatic heterocycles. The van der Waals surface area contributed by atoms with Crippen LogP contribution in [0.2, 0.25) is 0 Å². The lowest BCUT2D eigenvalue weighted by atomic mass is 9.98. The summed E-state index contributed by atoms with van der Waals surface area (Å²) in [6.45, 7) is 6.01. The van der Waals surface area contributed by atoms with Gasteiger partial charge < -0.3 is 4.90 Å². The third-order valence-corrected chi connectivity index (χ3v) is 5.70. The molecule has 2 aliphatic rings. The van der Waals surface area contributed by atoms with Crippen LogP contribution in [0.25, 0.3) is 5.57 Å². The molecule has 0 saturated carbocycles. The molecule has 0 aliphatic carbocycles. The van der Waals surface area contributed by atoms with E-state index < -0.39 is 0 Å². The number of aryl methyl sites for hydroxylation is 2. The van der Waals surface area contributed by atoms with Crippen LogP contribution >= 0.6 is 0 Å². The summed E-state index contributed by atoms with van der Waals surface area (Å²) in [4.78, 5) is 34.2. The van der Waals surface area contributed by atoms with Gasteiger partial charge >= 0.3 is 0 Å². The van der Waals surface area contributed by atoms with E-state index in [1.807, 2.05) is 37.3 Å². The quantitative estimate of drug-likeness (QED) is 0.768. The van der Waals surface area contributed by atoms with Crippen LogP contribution in [-0.4, -0.2) is 39.7 Å². The van der Waals surface area contributed by atoms with Gasteiger partial charge in [0.2, 0.25) is 0 Å². The van der Waals surface area contributed by atoms with Gasteiger partial charge in [0.1, 0.15) is 5.70 Å². The number of benzene rings is 1. The minimum Gasteiger partial charge on any atom is -0.366 e. The van der Waals surface area contributed by atoms with Gasteiger partial charge in [-0.1, -0.05) is 18.2 Å². The van der Waals surface area contributed by atoms with Crippen molar-refractivity contribution in [2.75, 3.05) is 13.1 Å². The number of carbonyl (C=O) groups excluding carboxylic acids is 2. The number of hydrogen-bond acceptors (Lipinski definition) is 4. The molecule has 0 bridgehead atoms. The Kier molecular flexibility index (Phi) is 4.99. The van der Waals surface area contributed by atoms with E-state index in [0.717, 1.165) is 42.6 Å². The second kappa shape index (κ2) is 7.58. The van der Waals surface area contributed by atoms with Crippen molar-refractivity contribution in [1.29, 1.82) is 0 Å².